The number of aryl methyl sites for hydroxylation is 1. The fraction of sp³-hybridized carbons (Fsp3) is 0.182. The van der Waals surface area contributed by atoms with Gasteiger partial charge in [0.2, 0.25) is 5.95 Å². The molecule has 0 fully saturated rings. The van der Waals surface area contributed by atoms with Crippen LogP contribution in [0.2, 0.25) is 0 Å². The van der Waals surface area contributed by atoms with Gasteiger partial charge in [-0.15, -0.1) is 0 Å². The van der Waals surface area contributed by atoms with Crippen LogP contribution in [0.3, 0.4) is 0 Å². The van der Waals surface area contributed by atoms with E-state index in [0.717, 1.165) is 0 Å². The van der Waals surface area contributed by atoms with Crippen molar-refractivity contribution < 1.29 is 18.7 Å². The molecular formula is C22H21N5O5. The zero-order valence-corrected chi connectivity index (χ0v) is 17.7. The molecule has 0 saturated heterocycles. The van der Waals surface area contributed by atoms with Crippen molar-refractivity contribution in [2.45, 2.75) is 13.8 Å². The largest absolute Gasteiger partial charge is 0.497 e. The Balaban J connectivity index is 1.60. The number of benzene rings is 1. The van der Waals surface area contributed by atoms with Crippen LogP contribution in [0.1, 0.15) is 11.3 Å². The number of carbonyl (C=O) groups is 1. The van der Waals surface area contributed by atoms with E-state index in [9.17, 15) is 9.59 Å². The normalized spacial score (nSPS) is 10.7. The van der Waals surface area contributed by atoms with Gasteiger partial charge in [-0.25, -0.2) is 4.98 Å². The van der Waals surface area contributed by atoms with Gasteiger partial charge in [0, 0.05) is 23.4 Å². The molecule has 0 bridgehead atoms. The maximum Gasteiger partial charge on any atom is 0.263 e. The Morgan fingerprint density at radius 2 is 2.00 bits per heavy atom. The Kier molecular flexibility index (Phi) is 5.75. The van der Waals surface area contributed by atoms with Crippen LogP contribution in [0.5, 0.6) is 11.5 Å². The van der Waals surface area contributed by atoms with Gasteiger partial charge in [0.1, 0.15) is 23.0 Å². The van der Waals surface area contributed by atoms with Crippen LogP contribution >= 0.6 is 0 Å². The summed E-state index contributed by atoms with van der Waals surface area (Å²) in [5.74, 6) is 1.64. The predicted octanol–water partition coefficient (Wildman–Crippen LogP) is 2.86. The highest BCUT2D eigenvalue weighted by Gasteiger charge is 2.18. The van der Waals surface area contributed by atoms with Gasteiger partial charge in [-0.2, -0.15) is 9.78 Å². The summed E-state index contributed by atoms with van der Waals surface area (Å²) in [5.41, 5.74) is 1.22. The Morgan fingerprint density at radius 3 is 2.72 bits per heavy atom. The zero-order valence-electron chi connectivity index (χ0n) is 17.7. The molecule has 2 N–H and O–H groups in total. The first-order chi connectivity index (χ1) is 15.4. The summed E-state index contributed by atoms with van der Waals surface area (Å²) >= 11 is 0. The molecule has 164 valence electrons. The van der Waals surface area contributed by atoms with Gasteiger partial charge in [0.15, 0.2) is 12.4 Å². The summed E-state index contributed by atoms with van der Waals surface area (Å²) in [6, 6.07) is 12.0. The number of ether oxygens (including phenoxy) is 2. The highest BCUT2D eigenvalue weighted by atomic mass is 16.5. The second-order valence-electron chi connectivity index (χ2n) is 6.92. The predicted molar refractivity (Wildman–Crippen MR) is 116 cm³/mol. The number of aromatic amines is 1. The van der Waals surface area contributed by atoms with Crippen LogP contribution in [0, 0.1) is 13.8 Å². The van der Waals surface area contributed by atoms with Gasteiger partial charge < -0.3 is 19.2 Å². The van der Waals surface area contributed by atoms with Crippen LogP contribution < -0.4 is 20.3 Å². The SMILES string of the molecule is COc1cccc(OCC(=O)Nc2cc(-c3ccco3)nn2-c2nc(C)c(C)c(=O)[nH]2)c1. The lowest BCUT2D eigenvalue weighted by Gasteiger charge is -2.10. The molecule has 0 aliphatic heterocycles. The van der Waals surface area contributed by atoms with Crippen molar-refractivity contribution in [3.05, 3.63) is 70.3 Å². The molecular weight excluding hydrogens is 414 g/mol. The monoisotopic (exact) mass is 435 g/mol. The fourth-order valence-electron chi connectivity index (χ4n) is 2.93. The Bertz CT molecular complexity index is 1310. The number of aromatic nitrogens is 4. The molecule has 3 aromatic heterocycles. The topological polar surface area (TPSA) is 124 Å². The molecule has 0 spiro atoms. The van der Waals surface area contributed by atoms with E-state index in [2.05, 4.69) is 20.4 Å². The molecule has 1 aromatic carbocycles. The summed E-state index contributed by atoms with van der Waals surface area (Å²) in [4.78, 5) is 31.9. The Labute approximate surface area is 182 Å². The summed E-state index contributed by atoms with van der Waals surface area (Å²) in [6.45, 7) is 3.16. The number of nitrogens with one attached hydrogen (secondary N) is 2. The molecule has 0 radical (unpaired) electrons. The second kappa shape index (κ2) is 8.80. The van der Waals surface area contributed by atoms with E-state index in [4.69, 9.17) is 13.9 Å². The van der Waals surface area contributed by atoms with Crippen molar-refractivity contribution >= 4 is 11.7 Å². The number of H-pyrrole nitrogens is 1. The smallest absolute Gasteiger partial charge is 0.263 e. The van der Waals surface area contributed by atoms with E-state index in [0.29, 0.717) is 40.0 Å². The molecule has 1 amide bonds. The minimum atomic E-state index is -0.425. The summed E-state index contributed by atoms with van der Waals surface area (Å²) < 4.78 is 17.4. The van der Waals surface area contributed by atoms with Gasteiger partial charge in [-0.05, 0) is 38.1 Å². The fourth-order valence-corrected chi connectivity index (χ4v) is 2.93. The minimum Gasteiger partial charge on any atom is -0.497 e. The molecule has 0 atom stereocenters. The minimum absolute atomic E-state index is 0.167. The maximum atomic E-state index is 12.6. The van der Waals surface area contributed by atoms with Crippen molar-refractivity contribution in [3.63, 3.8) is 0 Å². The van der Waals surface area contributed by atoms with Crippen molar-refractivity contribution in [2.24, 2.45) is 0 Å². The summed E-state index contributed by atoms with van der Waals surface area (Å²) in [6.07, 6.45) is 1.52. The number of hydrogen-bond donors (Lipinski definition) is 2. The molecule has 0 saturated carbocycles. The molecule has 4 aromatic rings. The number of methoxy groups -OCH3 is 1. The van der Waals surface area contributed by atoms with Crippen molar-refractivity contribution in [3.8, 4) is 28.9 Å². The van der Waals surface area contributed by atoms with Crippen LogP contribution in [-0.2, 0) is 4.79 Å². The third-order valence-electron chi connectivity index (χ3n) is 4.74. The second-order valence-corrected chi connectivity index (χ2v) is 6.92. The zero-order chi connectivity index (χ0) is 22.7. The molecule has 0 unspecified atom stereocenters. The van der Waals surface area contributed by atoms with E-state index < -0.39 is 5.91 Å². The first-order valence-corrected chi connectivity index (χ1v) is 9.73. The Hall–Kier alpha value is -4.34. The lowest BCUT2D eigenvalue weighted by molar-refractivity contribution is -0.118. The number of amides is 1. The highest BCUT2D eigenvalue weighted by molar-refractivity contribution is 5.91. The standard InChI is InChI=1S/C22H21N5O5/c1-13-14(2)23-22(25-21(13)29)27-19(11-17(26-27)18-8-5-9-31-18)24-20(28)12-32-16-7-4-6-15(10-16)30-3/h4-11H,12H2,1-3H3,(H,24,28)(H,23,25,29). The van der Waals surface area contributed by atoms with Crippen LogP contribution in [0.4, 0.5) is 5.82 Å². The van der Waals surface area contributed by atoms with E-state index in [1.807, 2.05) is 0 Å². The number of hydrogen-bond acceptors (Lipinski definition) is 7. The van der Waals surface area contributed by atoms with E-state index in [1.54, 1.807) is 63.4 Å². The molecule has 32 heavy (non-hydrogen) atoms. The molecule has 4 rings (SSSR count). The molecule has 0 aliphatic rings. The van der Waals surface area contributed by atoms with E-state index >= 15 is 0 Å². The maximum absolute atomic E-state index is 12.6. The van der Waals surface area contributed by atoms with Gasteiger partial charge in [0.25, 0.3) is 11.5 Å². The molecule has 0 aliphatic carbocycles. The van der Waals surface area contributed by atoms with E-state index in [1.165, 1.54) is 10.9 Å². The van der Waals surface area contributed by atoms with Crippen molar-refractivity contribution in [1.29, 1.82) is 0 Å². The lowest BCUT2D eigenvalue weighted by Crippen LogP contribution is -2.23. The summed E-state index contributed by atoms with van der Waals surface area (Å²) in [5, 5.41) is 7.19. The number of anilines is 1. The molecule has 10 heteroatoms. The third kappa shape index (κ3) is 4.38. The quantitative estimate of drug-likeness (QED) is 0.457. The van der Waals surface area contributed by atoms with E-state index in [-0.39, 0.29) is 18.1 Å². The number of rotatable bonds is 7. The number of carbonyl (C=O) groups excluding carboxylic acids is 1. The van der Waals surface area contributed by atoms with Crippen LogP contribution in [0.25, 0.3) is 17.4 Å². The third-order valence-corrected chi connectivity index (χ3v) is 4.74. The first-order valence-electron chi connectivity index (χ1n) is 9.73. The number of nitrogens with zero attached hydrogens (tertiary/aromatic N) is 3. The lowest BCUT2D eigenvalue weighted by atomic mass is 10.3. The van der Waals surface area contributed by atoms with Crippen LogP contribution in [0.15, 0.2) is 57.9 Å². The van der Waals surface area contributed by atoms with Gasteiger partial charge in [0.05, 0.1) is 13.4 Å². The van der Waals surface area contributed by atoms with Crippen LogP contribution in [-0.4, -0.2) is 39.4 Å². The van der Waals surface area contributed by atoms with Crippen molar-refractivity contribution in [2.75, 3.05) is 19.0 Å². The van der Waals surface area contributed by atoms with Gasteiger partial charge in [-0.3, -0.25) is 14.6 Å². The first kappa shape index (κ1) is 20.9. The summed E-state index contributed by atoms with van der Waals surface area (Å²) in [7, 11) is 1.55. The average Bonchev–Trinajstić information content (AvgIpc) is 3.46. The highest BCUT2D eigenvalue weighted by Crippen LogP contribution is 2.24. The van der Waals surface area contributed by atoms with Crippen molar-refractivity contribution in [1.82, 2.24) is 19.7 Å². The molecule has 3 heterocycles. The van der Waals surface area contributed by atoms with Gasteiger partial charge in [-0.1, -0.05) is 6.07 Å². The van der Waals surface area contributed by atoms with Gasteiger partial charge >= 0.3 is 0 Å². The number of furan rings is 1. The average molecular weight is 435 g/mol. The Morgan fingerprint density at radius 1 is 1.19 bits per heavy atom. The molecule has 10 nitrogen and oxygen atoms in total.